The van der Waals surface area contributed by atoms with Gasteiger partial charge in [0, 0.05) is 34.5 Å². The summed E-state index contributed by atoms with van der Waals surface area (Å²) in [5.74, 6) is 0.604. The van der Waals surface area contributed by atoms with Gasteiger partial charge in [0.1, 0.15) is 0 Å². The number of halogens is 1. The fraction of sp³-hybridized carbons (Fsp3) is 0.625. The van der Waals surface area contributed by atoms with E-state index in [0.29, 0.717) is 22.1 Å². The lowest BCUT2D eigenvalue weighted by molar-refractivity contribution is 0.364. The van der Waals surface area contributed by atoms with Gasteiger partial charge in [0.05, 0.1) is 7.11 Å². The van der Waals surface area contributed by atoms with Crippen LogP contribution in [0.4, 0.5) is 0 Å². The van der Waals surface area contributed by atoms with Gasteiger partial charge in [-0.25, -0.2) is 0 Å². The highest BCUT2D eigenvalue weighted by atomic mass is 35.5. The standard InChI is InChI=1S/C16H24ClNO2S/c1-20-14-9-13(17)8-12(15(14)19)10-18-11-16(21-2)6-4-3-5-7-16/h8-9,18-19H,3-7,10-11H2,1-2H3. The van der Waals surface area contributed by atoms with Crippen LogP contribution in [0.3, 0.4) is 0 Å². The summed E-state index contributed by atoms with van der Waals surface area (Å²) in [6.07, 6.45) is 8.73. The molecule has 1 aromatic carbocycles. The van der Waals surface area contributed by atoms with E-state index >= 15 is 0 Å². The Morgan fingerprint density at radius 3 is 2.67 bits per heavy atom. The Hall–Kier alpha value is -0.580. The summed E-state index contributed by atoms with van der Waals surface area (Å²) in [5, 5.41) is 14.2. The highest BCUT2D eigenvalue weighted by molar-refractivity contribution is 8.00. The van der Waals surface area contributed by atoms with Crippen molar-refractivity contribution < 1.29 is 9.84 Å². The highest BCUT2D eigenvalue weighted by Crippen LogP contribution is 2.38. The van der Waals surface area contributed by atoms with E-state index in [-0.39, 0.29) is 5.75 Å². The van der Waals surface area contributed by atoms with Crippen LogP contribution in [0.15, 0.2) is 12.1 Å². The second-order valence-electron chi connectivity index (χ2n) is 5.67. The maximum atomic E-state index is 10.1. The molecule has 0 bridgehead atoms. The Balaban J connectivity index is 1.98. The number of nitrogens with one attached hydrogen (secondary N) is 1. The monoisotopic (exact) mass is 329 g/mol. The van der Waals surface area contributed by atoms with Crippen LogP contribution in [0.2, 0.25) is 5.02 Å². The average molecular weight is 330 g/mol. The molecule has 0 aliphatic heterocycles. The molecule has 0 spiro atoms. The van der Waals surface area contributed by atoms with Crippen molar-refractivity contribution in [3.8, 4) is 11.5 Å². The molecule has 0 saturated heterocycles. The topological polar surface area (TPSA) is 41.5 Å². The van der Waals surface area contributed by atoms with Gasteiger partial charge in [-0.1, -0.05) is 30.9 Å². The summed E-state index contributed by atoms with van der Waals surface area (Å²) in [4.78, 5) is 0. The van der Waals surface area contributed by atoms with Gasteiger partial charge in [0.25, 0.3) is 0 Å². The zero-order valence-corrected chi connectivity index (χ0v) is 14.3. The number of aromatic hydroxyl groups is 1. The number of rotatable bonds is 6. The summed E-state index contributed by atoms with van der Waals surface area (Å²) in [6.45, 7) is 1.56. The molecule has 1 saturated carbocycles. The van der Waals surface area contributed by atoms with Crippen molar-refractivity contribution in [1.82, 2.24) is 5.32 Å². The maximum absolute atomic E-state index is 10.1. The Morgan fingerprint density at radius 1 is 1.33 bits per heavy atom. The van der Waals surface area contributed by atoms with Crippen molar-refractivity contribution in [1.29, 1.82) is 0 Å². The fourth-order valence-corrected chi connectivity index (χ4v) is 4.17. The summed E-state index contributed by atoms with van der Waals surface area (Å²) in [6, 6.07) is 3.42. The first-order valence-electron chi connectivity index (χ1n) is 7.41. The molecular weight excluding hydrogens is 306 g/mol. The van der Waals surface area contributed by atoms with Gasteiger partial charge < -0.3 is 15.2 Å². The van der Waals surface area contributed by atoms with Gasteiger partial charge in [-0.15, -0.1) is 0 Å². The van der Waals surface area contributed by atoms with Crippen molar-refractivity contribution in [2.45, 2.75) is 43.4 Å². The quantitative estimate of drug-likeness (QED) is 0.820. The summed E-state index contributed by atoms with van der Waals surface area (Å²) >= 11 is 8.03. The molecule has 2 N–H and O–H groups in total. The van der Waals surface area contributed by atoms with Crippen LogP contribution in [0, 0.1) is 0 Å². The van der Waals surface area contributed by atoms with E-state index in [1.54, 1.807) is 12.1 Å². The summed E-state index contributed by atoms with van der Waals surface area (Å²) in [7, 11) is 1.54. The van der Waals surface area contributed by atoms with E-state index in [1.165, 1.54) is 39.2 Å². The molecule has 2 rings (SSSR count). The Morgan fingerprint density at radius 2 is 2.05 bits per heavy atom. The minimum Gasteiger partial charge on any atom is -0.504 e. The van der Waals surface area contributed by atoms with Gasteiger partial charge in [-0.2, -0.15) is 11.8 Å². The Kier molecular flexibility index (Phi) is 6.08. The van der Waals surface area contributed by atoms with Gasteiger partial charge >= 0.3 is 0 Å². The number of thioether (sulfide) groups is 1. The van der Waals surface area contributed by atoms with Gasteiger partial charge in [-0.3, -0.25) is 0 Å². The minimum absolute atomic E-state index is 0.177. The lowest BCUT2D eigenvalue weighted by Gasteiger charge is -2.36. The molecule has 5 heteroatoms. The molecule has 3 nitrogen and oxygen atoms in total. The number of ether oxygens (including phenoxy) is 1. The lowest BCUT2D eigenvalue weighted by atomic mass is 9.88. The second kappa shape index (κ2) is 7.61. The Bertz CT molecular complexity index is 476. The maximum Gasteiger partial charge on any atom is 0.162 e. The molecule has 21 heavy (non-hydrogen) atoms. The van der Waals surface area contributed by atoms with Gasteiger partial charge in [0.15, 0.2) is 11.5 Å². The molecule has 0 aromatic heterocycles. The summed E-state index contributed by atoms with van der Waals surface area (Å²) < 4.78 is 5.48. The van der Waals surface area contributed by atoms with Crippen molar-refractivity contribution in [2.24, 2.45) is 0 Å². The molecular formula is C16H24ClNO2S. The Labute approximate surface area is 136 Å². The number of benzene rings is 1. The SMILES string of the molecule is COc1cc(Cl)cc(CNCC2(SC)CCCCC2)c1O. The number of phenols is 1. The first-order chi connectivity index (χ1) is 10.1. The molecule has 1 aliphatic carbocycles. The molecule has 1 fully saturated rings. The molecule has 0 radical (unpaired) electrons. The van der Waals surface area contributed by atoms with Crippen molar-refractivity contribution in [2.75, 3.05) is 19.9 Å². The van der Waals surface area contributed by atoms with Gasteiger partial charge in [-0.05, 0) is 25.2 Å². The molecule has 0 unspecified atom stereocenters. The predicted octanol–water partition coefficient (Wildman–Crippen LogP) is 4.21. The molecule has 0 atom stereocenters. The first kappa shape index (κ1) is 16.8. The van der Waals surface area contributed by atoms with Gasteiger partial charge in [0.2, 0.25) is 0 Å². The summed E-state index contributed by atoms with van der Waals surface area (Å²) in [5.41, 5.74) is 0.784. The van der Waals surface area contributed by atoms with E-state index in [0.717, 1.165) is 12.1 Å². The molecule has 0 amide bonds. The number of hydrogen-bond donors (Lipinski definition) is 2. The number of methoxy groups -OCH3 is 1. The second-order valence-corrected chi connectivity index (χ2v) is 7.38. The van der Waals surface area contributed by atoms with Crippen LogP contribution in [0.1, 0.15) is 37.7 Å². The van der Waals surface area contributed by atoms with E-state index in [1.807, 2.05) is 11.8 Å². The number of hydrogen-bond acceptors (Lipinski definition) is 4. The highest BCUT2D eigenvalue weighted by Gasteiger charge is 2.30. The van der Waals surface area contributed by atoms with Crippen LogP contribution < -0.4 is 10.1 Å². The van der Waals surface area contributed by atoms with Crippen LogP contribution in [0.25, 0.3) is 0 Å². The fourth-order valence-electron chi connectivity index (χ4n) is 2.99. The third kappa shape index (κ3) is 4.21. The van der Waals surface area contributed by atoms with Crippen LogP contribution >= 0.6 is 23.4 Å². The van der Waals surface area contributed by atoms with Crippen LogP contribution in [-0.4, -0.2) is 29.8 Å². The van der Waals surface area contributed by atoms with E-state index in [4.69, 9.17) is 16.3 Å². The zero-order valence-electron chi connectivity index (χ0n) is 12.7. The smallest absolute Gasteiger partial charge is 0.162 e. The van der Waals surface area contributed by atoms with Crippen molar-refractivity contribution >= 4 is 23.4 Å². The molecule has 1 aliphatic rings. The molecule has 1 aromatic rings. The van der Waals surface area contributed by atoms with Crippen molar-refractivity contribution in [3.05, 3.63) is 22.7 Å². The zero-order chi connectivity index (χ0) is 15.3. The third-order valence-electron chi connectivity index (χ3n) is 4.30. The van der Waals surface area contributed by atoms with Crippen molar-refractivity contribution in [3.63, 3.8) is 0 Å². The normalized spacial score (nSPS) is 17.7. The molecule has 0 heterocycles. The van der Waals surface area contributed by atoms with E-state index < -0.39 is 0 Å². The lowest BCUT2D eigenvalue weighted by Crippen LogP contribution is -2.39. The minimum atomic E-state index is 0.177. The largest absolute Gasteiger partial charge is 0.504 e. The first-order valence-corrected chi connectivity index (χ1v) is 9.02. The van der Waals surface area contributed by atoms with Crippen LogP contribution in [-0.2, 0) is 6.54 Å². The van der Waals surface area contributed by atoms with E-state index in [9.17, 15) is 5.11 Å². The number of phenolic OH excluding ortho intramolecular Hbond substituents is 1. The van der Waals surface area contributed by atoms with E-state index in [2.05, 4.69) is 11.6 Å². The van der Waals surface area contributed by atoms with Crippen LogP contribution in [0.5, 0.6) is 11.5 Å². The third-order valence-corrected chi connectivity index (χ3v) is 5.94. The average Bonchev–Trinajstić information content (AvgIpc) is 2.51. The molecule has 118 valence electrons. The predicted molar refractivity (Wildman–Crippen MR) is 90.7 cm³/mol.